The first-order chi connectivity index (χ1) is 16.8. The van der Waals surface area contributed by atoms with Crippen LogP contribution in [0.3, 0.4) is 0 Å². The van der Waals surface area contributed by atoms with Crippen LogP contribution >= 0.6 is 11.6 Å². The van der Waals surface area contributed by atoms with Gasteiger partial charge in [0.25, 0.3) is 17.7 Å². The first kappa shape index (κ1) is 23.7. The zero-order valence-electron chi connectivity index (χ0n) is 18.0. The lowest BCUT2D eigenvalue weighted by molar-refractivity contribution is -0.122. The number of anilines is 2. The number of rotatable bonds is 6. The summed E-state index contributed by atoms with van der Waals surface area (Å²) in [5.41, 5.74) is 0.497. The third-order valence-electron chi connectivity index (χ3n) is 4.91. The highest BCUT2D eigenvalue weighted by molar-refractivity contribution is 6.39. The predicted octanol–water partition coefficient (Wildman–Crippen LogP) is 4.16. The molecule has 1 aliphatic rings. The fourth-order valence-electron chi connectivity index (χ4n) is 3.26. The lowest BCUT2D eigenvalue weighted by atomic mass is 10.1. The molecule has 1 aliphatic heterocycles. The van der Waals surface area contributed by atoms with Gasteiger partial charge in [-0.15, -0.1) is 0 Å². The van der Waals surface area contributed by atoms with Crippen molar-refractivity contribution in [2.45, 2.75) is 0 Å². The molecule has 0 atom stereocenters. The third-order valence-corrected chi connectivity index (χ3v) is 5.24. The number of carbonyl (C=O) groups excluding carboxylic acids is 4. The van der Waals surface area contributed by atoms with Crippen molar-refractivity contribution >= 4 is 52.8 Å². The number of para-hydroxylation sites is 2. The minimum absolute atomic E-state index is 0.0908. The van der Waals surface area contributed by atoms with Crippen LogP contribution in [0.2, 0.25) is 5.02 Å². The summed E-state index contributed by atoms with van der Waals surface area (Å²) in [5, 5.41) is 5.09. The van der Waals surface area contributed by atoms with E-state index in [9.17, 15) is 23.6 Å². The molecule has 4 rings (SSSR count). The van der Waals surface area contributed by atoms with E-state index >= 15 is 0 Å². The van der Waals surface area contributed by atoms with E-state index in [-0.39, 0.29) is 23.6 Å². The van der Waals surface area contributed by atoms with Crippen molar-refractivity contribution in [2.75, 3.05) is 16.8 Å². The van der Waals surface area contributed by atoms with E-state index < -0.39 is 29.6 Å². The van der Waals surface area contributed by atoms with E-state index in [1.165, 1.54) is 18.2 Å². The Morgan fingerprint density at radius 2 is 1.69 bits per heavy atom. The largest absolute Gasteiger partial charge is 0.483 e. The Labute approximate surface area is 203 Å². The van der Waals surface area contributed by atoms with Gasteiger partial charge in [0.2, 0.25) is 0 Å². The van der Waals surface area contributed by atoms with Gasteiger partial charge >= 0.3 is 6.03 Å². The molecule has 0 aromatic heterocycles. The first-order valence-electron chi connectivity index (χ1n) is 10.3. The molecular formula is C25H17ClFN3O5. The number of nitrogens with zero attached hydrogens (tertiary/aromatic N) is 1. The Bertz CT molecular complexity index is 1360. The summed E-state index contributed by atoms with van der Waals surface area (Å²) in [6.07, 6.45) is 1.25. The maximum absolute atomic E-state index is 13.3. The standard InChI is InChI=1S/C25H17ClFN3O5/c26-19-6-2-3-7-20(19)28-22(31)14-35-21-8-4-1-5-15(21)13-18-23(32)29-25(34)30(24(18)33)17-11-9-16(27)10-12-17/h1-13H,14H2,(H,28,31)(H,29,32,34)/b18-13+. The molecule has 3 aromatic carbocycles. The molecule has 35 heavy (non-hydrogen) atoms. The number of barbiturate groups is 1. The quantitative estimate of drug-likeness (QED) is 0.396. The van der Waals surface area contributed by atoms with E-state index in [1.807, 2.05) is 0 Å². The summed E-state index contributed by atoms with van der Waals surface area (Å²) in [6.45, 7) is -0.369. The van der Waals surface area contributed by atoms with Crippen LogP contribution in [0.25, 0.3) is 6.08 Å². The molecule has 8 nitrogen and oxygen atoms in total. The molecule has 0 aliphatic carbocycles. The monoisotopic (exact) mass is 493 g/mol. The number of ether oxygens (including phenoxy) is 1. The van der Waals surface area contributed by atoms with E-state index in [0.717, 1.165) is 17.0 Å². The molecule has 176 valence electrons. The lowest BCUT2D eigenvalue weighted by Crippen LogP contribution is -2.54. The summed E-state index contributed by atoms with van der Waals surface area (Å²) in [5.74, 6) is -2.59. The van der Waals surface area contributed by atoms with Crippen LogP contribution in [-0.4, -0.2) is 30.4 Å². The molecule has 10 heteroatoms. The number of halogens is 2. The molecule has 0 spiro atoms. The van der Waals surface area contributed by atoms with Crippen molar-refractivity contribution in [1.82, 2.24) is 5.32 Å². The van der Waals surface area contributed by atoms with Gasteiger partial charge in [0.15, 0.2) is 6.61 Å². The van der Waals surface area contributed by atoms with Gasteiger partial charge in [-0.25, -0.2) is 14.1 Å². The zero-order valence-corrected chi connectivity index (χ0v) is 18.7. The molecule has 3 aromatic rings. The Morgan fingerprint density at radius 1 is 1.00 bits per heavy atom. The van der Waals surface area contributed by atoms with Gasteiger partial charge in [0.1, 0.15) is 17.1 Å². The van der Waals surface area contributed by atoms with Gasteiger partial charge < -0.3 is 10.1 Å². The topological polar surface area (TPSA) is 105 Å². The summed E-state index contributed by atoms with van der Waals surface area (Å²) >= 11 is 6.04. The van der Waals surface area contributed by atoms with Gasteiger partial charge in [0.05, 0.1) is 16.4 Å². The molecule has 0 unspecified atom stereocenters. The van der Waals surface area contributed by atoms with Crippen LogP contribution in [0.5, 0.6) is 5.75 Å². The van der Waals surface area contributed by atoms with Gasteiger partial charge in [-0.05, 0) is 48.5 Å². The van der Waals surface area contributed by atoms with Crippen LogP contribution < -0.4 is 20.3 Å². The highest BCUT2D eigenvalue weighted by Crippen LogP contribution is 2.26. The molecule has 5 amide bonds. The molecule has 0 radical (unpaired) electrons. The van der Waals surface area contributed by atoms with Crippen LogP contribution in [0.4, 0.5) is 20.6 Å². The third kappa shape index (κ3) is 5.36. The predicted molar refractivity (Wildman–Crippen MR) is 127 cm³/mol. The summed E-state index contributed by atoms with van der Waals surface area (Å²) in [7, 11) is 0. The Balaban J connectivity index is 1.55. The number of amides is 5. The number of hydrogen-bond donors (Lipinski definition) is 2. The van der Waals surface area contributed by atoms with Crippen LogP contribution in [0.1, 0.15) is 5.56 Å². The smallest absolute Gasteiger partial charge is 0.335 e. The van der Waals surface area contributed by atoms with E-state index in [2.05, 4.69) is 10.6 Å². The first-order valence-corrected chi connectivity index (χ1v) is 10.6. The molecule has 1 saturated heterocycles. The maximum Gasteiger partial charge on any atom is 0.335 e. The number of urea groups is 1. The van der Waals surface area contributed by atoms with Crippen LogP contribution in [0.15, 0.2) is 78.4 Å². The molecular weight excluding hydrogens is 477 g/mol. The minimum Gasteiger partial charge on any atom is -0.483 e. The number of hydrogen-bond acceptors (Lipinski definition) is 5. The second-order valence-electron chi connectivity index (χ2n) is 7.29. The Hall–Kier alpha value is -4.50. The van der Waals surface area contributed by atoms with Crippen molar-refractivity contribution < 1.29 is 28.3 Å². The molecule has 2 N–H and O–H groups in total. The Kier molecular flexibility index (Phi) is 6.88. The zero-order chi connectivity index (χ0) is 24.9. The van der Waals surface area contributed by atoms with E-state index in [1.54, 1.807) is 48.5 Å². The van der Waals surface area contributed by atoms with Crippen molar-refractivity contribution in [3.8, 4) is 5.75 Å². The second-order valence-corrected chi connectivity index (χ2v) is 7.70. The van der Waals surface area contributed by atoms with Crippen molar-refractivity contribution in [3.63, 3.8) is 0 Å². The normalized spacial score (nSPS) is 14.6. The van der Waals surface area contributed by atoms with Crippen LogP contribution in [0, 0.1) is 5.82 Å². The van der Waals surface area contributed by atoms with Gasteiger partial charge in [0, 0.05) is 5.56 Å². The molecule has 0 bridgehead atoms. The van der Waals surface area contributed by atoms with E-state index in [0.29, 0.717) is 16.3 Å². The molecule has 0 saturated carbocycles. The van der Waals surface area contributed by atoms with E-state index in [4.69, 9.17) is 16.3 Å². The summed E-state index contributed by atoms with van der Waals surface area (Å²) in [6, 6.07) is 16.9. The maximum atomic E-state index is 13.3. The van der Waals surface area contributed by atoms with Gasteiger partial charge in [-0.1, -0.05) is 41.9 Å². The van der Waals surface area contributed by atoms with Crippen molar-refractivity contribution in [1.29, 1.82) is 0 Å². The molecule has 1 heterocycles. The fourth-order valence-corrected chi connectivity index (χ4v) is 3.44. The van der Waals surface area contributed by atoms with Gasteiger partial charge in [-0.3, -0.25) is 19.7 Å². The summed E-state index contributed by atoms with van der Waals surface area (Å²) in [4.78, 5) is 50.8. The number of nitrogens with one attached hydrogen (secondary N) is 2. The van der Waals surface area contributed by atoms with Crippen molar-refractivity contribution in [3.05, 3.63) is 94.8 Å². The number of carbonyl (C=O) groups is 4. The fraction of sp³-hybridized carbons (Fsp3) is 0.0400. The lowest BCUT2D eigenvalue weighted by Gasteiger charge is -2.26. The van der Waals surface area contributed by atoms with Crippen molar-refractivity contribution in [2.24, 2.45) is 0 Å². The summed E-state index contributed by atoms with van der Waals surface area (Å²) < 4.78 is 18.9. The molecule has 1 fully saturated rings. The van der Waals surface area contributed by atoms with Crippen LogP contribution in [-0.2, 0) is 14.4 Å². The number of benzene rings is 3. The average Bonchev–Trinajstić information content (AvgIpc) is 2.83. The SMILES string of the molecule is O=C(COc1ccccc1/C=C1\C(=O)NC(=O)N(c2ccc(F)cc2)C1=O)Nc1ccccc1Cl. The highest BCUT2D eigenvalue weighted by atomic mass is 35.5. The van der Waals surface area contributed by atoms with Gasteiger partial charge in [-0.2, -0.15) is 0 Å². The average molecular weight is 494 g/mol. The second kappa shape index (κ2) is 10.2. The Morgan fingerprint density at radius 3 is 2.43 bits per heavy atom. The minimum atomic E-state index is -0.954. The highest BCUT2D eigenvalue weighted by Gasteiger charge is 2.37. The number of imide groups is 2.